The smallest absolute Gasteiger partial charge is 0.0107 e. The van der Waals surface area contributed by atoms with E-state index >= 15 is 0 Å². The van der Waals surface area contributed by atoms with Crippen molar-refractivity contribution in [3.05, 3.63) is 0 Å². The van der Waals surface area contributed by atoms with Gasteiger partial charge in [0.25, 0.3) is 0 Å². The molecule has 1 rings (SSSR count). The van der Waals surface area contributed by atoms with Crippen LogP contribution in [0.25, 0.3) is 0 Å². The van der Waals surface area contributed by atoms with Crippen molar-refractivity contribution < 1.29 is 0 Å². The van der Waals surface area contributed by atoms with Crippen LogP contribution in [0.15, 0.2) is 0 Å². The monoisotopic (exact) mass is 198 g/mol. The number of piperidine rings is 1. The van der Waals surface area contributed by atoms with Gasteiger partial charge in [0.15, 0.2) is 0 Å². The number of rotatable bonds is 3. The van der Waals surface area contributed by atoms with Crippen molar-refractivity contribution in [1.29, 1.82) is 0 Å². The van der Waals surface area contributed by atoms with Gasteiger partial charge in [-0.1, -0.05) is 20.8 Å². The van der Waals surface area contributed by atoms with Gasteiger partial charge in [0.1, 0.15) is 0 Å². The average Bonchev–Trinajstić information content (AvgIpc) is 2.13. The van der Waals surface area contributed by atoms with E-state index < -0.39 is 0 Å². The van der Waals surface area contributed by atoms with Crippen LogP contribution in [-0.2, 0) is 0 Å². The molecular weight excluding hydrogens is 172 g/mol. The molecule has 3 atom stereocenters. The van der Waals surface area contributed by atoms with Crippen molar-refractivity contribution in [1.82, 2.24) is 4.90 Å². The Morgan fingerprint density at radius 3 is 2.57 bits per heavy atom. The fourth-order valence-corrected chi connectivity index (χ4v) is 2.21. The normalized spacial score (nSPS) is 35.1. The summed E-state index contributed by atoms with van der Waals surface area (Å²) < 4.78 is 0. The van der Waals surface area contributed by atoms with Crippen LogP contribution in [0.5, 0.6) is 0 Å². The molecule has 0 aromatic rings. The molecular formula is C12H26N2. The Morgan fingerprint density at radius 1 is 1.36 bits per heavy atom. The van der Waals surface area contributed by atoms with E-state index in [-0.39, 0.29) is 0 Å². The van der Waals surface area contributed by atoms with E-state index in [9.17, 15) is 0 Å². The predicted octanol–water partition coefficient (Wildman–Crippen LogP) is 2.09. The summed E-state index contributed by atoms with van der Waals surface area (Å²) in [5, 5.41) is 0. The lowest BCUT2D eigenvalue weighted by atomic mass is 9.87. The maximum atomic E-state index is 6.06. The number of hydrogen-bond acceptors (Lipinski definition) is 2. The van der Waals surface area contributed by atoms with Crippen molar-refractivity contribution in [3.63, 3.8) is 0 Å². The van der Waals surface area contributed by atoms with Crippen molar-refractivity contribution in [2.45, 2.75) is 52.6 Å². The predicted molar refractivity (Wildman–Crippen MR) is 62.2 cm³/mol. The Labute approximate surface area is 88.8 Å². The van der Waals surface area contributed by atoms with Gasteiger partial charge in [0.05, 0.1) is 0 Å². The zero-order chi connectivity index (χ0) is 10.7. The van der Waals surface area contributed by atoms with Crippen LogP contribution in [0.2, 0.25) is 0 Å². The number of nitrogens with zero attached hydrogens (tertiary/aromatic N) is 1. The molecule has 14 heavy (non-hydrogen) atoms. The highest BCUT2D eigenvalue weighted by atomic mass is 15.2. The van der Waals surface area contributed by atoms with E-state index in [0.29, 0.717) is 18.0 Å². The van der Waals surface area contributed by atoms with E-state index in [2.05, 4.69) is 32.6 Å². The SMILES string of the molecule is CC(C)CCN1CCC(N)C(C)C1C. The van der Waals surface area contributed by atoms with Crippen molar-refractivity contribution in [2.75, 3.05) is 13.1 Å². The Hall–Kier alpha value is -0.0800. The third kappa shape index (κ3) is 2.96. The Kier molecular flexibility index (Phi) is 4.39. The summed E-state index contributed by atoms with van der Waals surface area (Å²) in [6, 6.07) is 1.08. The Morgan fingerprint density at radius 2 is 2.00 bits per heavy atom. The average molecular weight is 198 g/mol. The molecule has 0 radical (unpaired) electrons. The zero-order valence-corrected chi connectivity index (χ0v) is 10.2. The third-order valence-corrected chi connectivity index (χ3v) is 3.76. The molecule has 2 N–H and O–H groups in total. The molecule has 0 aliphatic carbocycles. The molecule has 3 unspecified atom stereocenters. The maximum absolute atomic E-state index is 6.06. The molecule has 1 aliphatic rings. The summed E-state index contributed by atoms with van der Waals surface area (Å²) in [7, 11) is 0. The molecule has 84 valence electrons. The number of likely N-dealkylation sites (tertiary alicyclic amines) is 1. The molecule has 1 fully saturated rings. The van der Waals surface area contributed by atoms with Gasteiger partial charge in [-0.15, -0.1) is 0 Å². The quantitative estimate of drug-likeness (QED) is 0.752. The molecule has 1 saturated heterocycles. The molecule has 0 aromatic carbocycles. The molecule has 0 saturated carbocycles. The Balaban J connectivity index is 2.39. The standard InChI is InChI=1S/C12H26N2/c1-9(2)5-7-14-8-6-12(13)10(3)11(14)4/h9-12H,5-8,13H2,1-4H3. The van der Waals surface area contributed by atoms with Gasteiger partial charge >= 0.3 is 0 Å². The summed E-state index contributed by atoms with van der Waals surface area (Å²) in [6.07, 6.45) is 2.48. The fraction of sp³-hybridized carbons (Fsp3) is 1.00. The second kappa shape index (κ2) is 5.13. The minimum absolute atomic E-state index is 0.417. The summed E-state index contributed by atoms with van der Waals surface area (Å²) in [5.41, 5.74) is 6.06. The molecule has 2 nitrogen and oxygen atoms in total. The van der Waals surface area contributed by atoms with Crippen molar-refractivity contribution in [3.8, 4) is 0 Å². The Bertz CT molecular complexity index is 168. The minimum atomic E-state index is 0.417. The fourth-order valence-electron chi connectivity index (χ4n) is 2.21. The topological polar surface area (TPSA) is 29.3 Å². The molecule has 0 spiro atoms. The zero-order valence-electron chi connectivity index (χ0n) is 10.2. The lowest BCUT2D eigenvalue weighted by Gasteiger charge is -2.41. The second-order valence-corrected chi connectivity index (χ2v) is 5.27. The van der Waals surface area contributed by atoms with Gasteiger partial charge in [-0.2, -0.15) is 0 Å². The largest absolute Gasteiger partial charge is 0.327 e. The molecule has 0 amide bonds. The molecule has 0 bridgehead atoms. The summed E-state index contributed by atoms with van der Waals surface area (Å²) in [5.74, 6) is 1.46. The summed E-state index contributed by atoms with van der Waals surface area (Å²) in [4.78, 5) is 2.61. The number of nitrogens with two attached hydrogens (primary N) is 1. The van der Waals surface area contributed by atoms with Crippen LogP contribution in [0.1, 0.15) is 40.5 Å². The van der Waals surface area contributed by atoms with Crippen LogP contribution < -0.4 is 5.73 Å². The maximum Gasteiger partial charge on any atom is 0.0107 e. The van der Waals surface area contributed by atoms with E-state index in [1.54, 1.807) is 0 Å². The molecule has 0 aromatic heterocycles. The van der Waals surface area contributed by atoms with E-state index in [4.69, 9.17) is 5.73 Å². The summed E-state index contributed by atoms with van der Waals surface area (Å²) >= 11 is 0. The van der Waals surface area contributed by atoms with Crippen LogP contribution in [0, 0.1) is 11.8 Å². The number of hydrogen-bond donors (Lipinski definition) is 1. The first-order valence-corrected chi connectivity index (χ1v) is 6.02. The molecule has 2 heteroatoms. The van der Waals surface area contributed by atoms with E-state index in [0.717, 1.165) is 5.92 Å². The van der Waals surface area contributed by atoms with Gasteiger partial charge in [0.2, 0.25) is 0 Å². The van der Waals surface area contributed by atoms with Crippen LogP contribution in [0.4, 0.5) is 0 Å². The lowest BCUT2D eigenvalue weighted by molar-refractivity contribution is 0.0932. The van der Waals surface area contributed by atoms with E-state index in [1.807, 2.05) is 0 Å². The van der Waals surface area contributed by atoms with Crippen LogP contribution in [0.3, 0.4) is 0 Å². The van der Waals surface area contributed by atoms with Gasteiger partial charge in [0, 0.05) is 12.1 Å². The first-order valence-electron chi connectivity index (χ1n) is 6.02. The highest BCUT2D eigenvalue weighted by Gasteiger charge is 2.29. The second-order valence-electron chi connectivity index (χ2n) is 5.27. The van der Waals surface area contributed by atoms with Gasteiger partial charge < -0.3 is 10.6 Å². The van der Waals surface area contributed by atoms with Crippen LogP contribution >= 0.6 is 0 Å². The van der Waals surface area contributed by atoms with Gasteiger partial charge in [-0.05, 0) is 44.7 Å². The van der Waals surface area contributed by atoms with Gasteiger partial charge in [-0.25, -0.2) is 0 Å². The van der Waals surface area contributed by atoms with Crippen molar-refractivity contribution >= 4 is 0 Å². The van der Waals surface area contributed by atoms with Crippen molar-refractivity contribution in [2.24, 2.45) is 17.6 Å². The molecule has 1 heterocycles. The highest BCUT2D eigenvalue weighted by Crippen LogP contribution is 2.22. The minimum Gasteiger partial charge on any atom is -0.327 e. The highest BCUT2D eigenvalue weighted by molar-refractivity contribution is 4.86. The molecule has 1 aliphatic heterocycles. The third-order valence-electron chi connectivity index (χ3n) is 3.76. The van der Waals surface area contributed by atoms with Crippen LogP contribution in [-0.4, -0.2) is 30.1 Å². The first-order chi connectivity index (χ1) is 6.52. The van der Waals surface area contributed by atoms with E-state index in [1.165, 1.54) is 25.9 Å². The van der Waals surface area contributed by atoms with Gasteiger partial charge in [-0.3, -0.25) is 0 Å². The first kappa shape index (κ1) is 12.0. The summed E-state index contributed by atoms with van der Waals surface area (Å²) in [6.45, 7) is 11.6. The lowest BCUT2D eigenvalue weighted by Crippen LogP contribution is -2.51.